The highest BCUT2D eigenvalue weighted by molar-refractivity contribution is 6.32. The SMILES string of the molecule is COc1nc(Oc2ccc(F)cc2Cl)ccc1N. The molecule has 94 valence electrons. The molecule has 0 bridgehead atoms. The Bertz CT molecular complexity index is 578. The van der Waals surface area contributed by atoms with Crippen molar-refractivity contribution in [1.29, 1.82) is 0 Å². The lowest BCUT2D eigenvalue weighted by Gasteiger charge is -2.09. The number of rotatable bonds is 3. The molecule has 2 N–H and O–H groups in total. The van der Waals surface area contributed by atoms with Crippen molar-refractivity contribution in [2.24, 2.45) is 0 Å². The second kappa shape index (κ2) is 5.10. The molecule has 0 atom stereocenters. The molecule has 0 unspecified atom stereocenters. The van der Waals surface area contributed by atoms with E-state index in [9.17, 15) is 4.39 Å². The fraction of sp³-hybridized carbons (Fsp3) is 0.0833. The number of benzene rings is 1. The van der Waals surface area contributed by atoms with Crippen LogP contribution in [0.1, 0.15) is 0 Å². The minimum Gasteiger partial charge on any atom is -0.479 e. The summed E-state index contributed by atoms with van der Waals surface area (Å²) in [6.45, 7) is 0. The summed E-state index contributed by atoms with van der Waals surface area (Å²) in [6, 6.07) is 6.99. The van der Waals surface area contributed by atoms with Crippen molar-refractivity contribution in [3.05, 3.63) is 41.2 Å². The van der Waals surface area contributed by atoms with E-state index in [2.05, 4.69) is 4.98 Å². The Hall–Kier alpha value is -2.01. The first-order chi connectivity index (χ1) is 8.60. The molecule has 0 aliphatic heterocycles. The van der Waals surface area contributed by atoms with E-state index >= 15 is 0 Å². The molecule has 0 spiro atoms. The lowest BCUT2D eigenvalue weighted by Crippen LogP contribution is -1.97. The van der Waals surface area contributed by atoms with Gasteiger partial charge in [0.05, 0.1) is 17.8 Å². The number of nitrogen functional groups attached to an aromatic ring is 1. The monoisotopic (exact) mass is 268 g/mol. The fourth-order valence-electron chi connectivity index (χ4n) is 1.33. The van der Waals surface area contributed by atoms with Crippen LogP contribution >= 0.6 is 11.6 Å². The van der Waals surface area contributed by atoms with E-state index in [1.165, 1.54) is 19.2 Å². The zero-order valence-electron chi connectivity index (χ0n) is 9.48. The molecular formula is C12H10ClFN2O2. The average Bonchev–Trinajstić information content (AvgIpc) is 2.35. The Labute approximate surface area is 108 Å². The number of hydrogen-bond donors (Lipinski definition) is 1. The Kier molecular flexibility index (Phi) is 3.53. The largest absolute Gasteiger partial charge is 0.479 e. The molecule has 2 aromatic rings. The van der Waals surface area contributed by atoms with E-state index in [1.54, 1.807) is 12.1 Å². The van der Waals surface area contributed by atoms with E-state index in [1.807, 2.05) is 0 Å². The molecule has 0 amide bonds. The summed E-state index contributed by atoms with van der Waals surface area (Å²) in [7, 11) is 1.45. The summed E-state index contributed by atoms with van der Waals surface area (Å²) < 4.78 is 23.2. The Balaban J connectivity index is 2.28. The molecule has 0 saturated carbocycles. The molecule has 0 aliphatic rings. The van der Waals surface area contributed by atoms with Crippen molar-refractivity contribution in [3.8, 4) is 17.5 Å². The van der Waals surface area contributed by atoms with Gasteiger partial charge in [0.25, 0.3) is 0 Å². The highest BCUT2D eigenvalue weighted by atomic mass is 35.5. The first kappa shape index (κ1) is 12.4. The van der Waals surface area contributed by atoms with Crippen molar-refractivity contribution in [3.63, 3.8) is 0 Å². The maximum atomic E-state index is 12.9. The van der Waals surface area contributed by atoms with E-state index < -0.39 is 5.82 Å². The normalized spacial score (nSPS) is 10.2. The van der Waals surface area contributed by atoms with Crippen LogP contribution in [0.5, 0.6) is 17.5 Å². The third-order valence-corrected chi connectivity index (χ3v) is 2.46. The van der Waals surface area contributed by atoms with Crippen LogP contribution in [-0.2, 0) is 0 Å². The minimum atomic E-state index is -0.435. The maximum absolute atomic E-state index is 12.9. The van der Waals surface area contributed by atoms with Crippen LogP contribution in [0.25, 0.3) is 0 Å². The molecular weight excluding hydrogens is 259 g/mol. The lowest BCUT2D eigenvalue weighted by molar-refractivity contribution is 0.385. The predicted octanol–water partition coefficient (Wildman–Crippen LogP) is 3.26. The smallest absolute Gasteiger partial charge is 0.240 e. The molecule has 0 fully saturated rings. The van der Waals surface area contributed by atoms with Gasteiger partial charge in [0, 0.05) is 6.07 Å². The van der Waals surface area contributed by atoms with Crippen molar-refractivity contribution < 1.29 is 13.9 Å². The average molecular weight is 269 g/mol. The second-order valence-corrected chi connectivity index (χ2v) is 3.83. The number of pyridine rings is 1. The standard InChI is InChI=1S/C12H10ClFN2O2/c1-17-12-9(15)3-5-11(16-12)18-10-4-2-7(14)6-8(10)13/h2-6H,15H2,1H3. The quantitative estimate of drug-likeness (QED) is 0.928. The van der Waals surface area contributed by atoms with Crippen LogP contribution in [0.2, 0.25) is 5.02 Å². The molecule has 2 rings (SSSR count). The van der Waals surface area contributed by atoms with Gasteiger partial charge in [0.1, 0.15) is 11.6 Å². The van der Waals surface area contributed by atoms with Crippen molar-refractivity contribution in [2.75, 3.05) is 12.8 Å². The van der Waals surface area contributed by atoms with Crippen LogP contribution in [0.15, 0.2) is 30.3 Å². The van der Waals surface area contributed by atoms with Crippen LogP contribution in [0, 0.1) is 5.82 Å². The second-order valence-electron chi connectivity index (χ2n) is 3.42. The maximum Gasteiger partial charge on any atom is 0.240 e. The van der Waals surface area contributed by atoms with Crippen molar-refractivity contribution >= 4 is 17.3 Å². The number of aromatic nitrogens is 1. The van der Waals surface area contributed by atoms with Crippen molar-refractivity contribution in [2.45, 2.75) is 0 Å². The molecule has 1 aromatic carbocycles. The van der Waals surface area contributed by atoms with Gasteiger partial charge in [0.15, 0.2) is 0 Å². The van der Waals surface area contributed by atoms with Gasteiger partial charge in [-0.1, -0.05) is 11.6 Å². The fourth-order valence-corrected chi connectivity index (χ4v) is 1.53. The summed E-state index contributed by atoms with van der Waals surface area (Å²) in [5, 5.41) is 0.160. The number of ether oxygens (including phenoxy) is 2. The minimum absolute atomic E-state index is 0.160. The number of nitrogens with zero attached hydrogens (tertiary/aromatic N) is 1. The van der Waals surface area contributed by atoms with E-state index in [-0.39, 0.29) is 16.8 Å². The first-order valence-corrected chi connectivity index (χ1v) is 5.41. The zero-order valence-corrected chi connectivity index (χ0v) is 10.2. The van der Waals surface area contributed by atoms with Gasteiger partial charge >= 0.3 is 0 Å². The van der Waals surface area contributed by atoms with Gasteiger partial charge < -0.3 is 15.2 Å². The van der Waals surface area contributed by atoms with Gasteiger partial charge in [-0.2, -0.15) is 4.98 Å². The summed E-state index contributed by atoms with van der Waals surface area (Å²) >= 11 is 5.84. The first-order valence-electron chi connectivity index (χ1n) is 5.03. The Morgan fingerprint density at radius 2 is 2.06 bits per heavy atom. The van der Waals surface area contributed by atoms with Crippen LogP contribution in [0.3, 0.4) is 0 Å². The molecule has 18 heavy (non-hydrogen) atoms. The molecule has 1 aromatic heterocycles. The summed E-state index contributed by atoms with van der Waals surface area (Å²) in [5.41, 5.74) is 6.02. The zero-order chi connectivity index (χ0) is 13.1. The van der Waals surface area contributed by atoms with Gasteiger partial charge in [-0.25, -0.2) is 4.39 Å². The highest BCUT2D eigenvalue weighted by Crippen LogP contribution is 2.30. The van der Waals surface area contributed by atoms with Gasteiger partial charge in [0.2, 0.25) is 11.8 Å². The van der Waals surface area contributed by atoms with Gasteiger partial charge in [-0.3, -0.25) is 0 Å². The molecule has 6 heteroatoms. The lowest BCUT2D eigenvalue weighted by atomic mass is 10.3. The summed E-state index contributed by atoms with van der Waals surface area (Å²) in [4.78, 5) is 4.03. The van der Waals surface area contributed by atoms with Gasteiger partial charge in [-0.05, 0) is 24.3 Å². The third-order valence-electron chi connectivity index (χ3n) is 2.17. The molecule has 4 nitrogen and oxygen atoms in total. The third kappa shape index (κ3) is 2.62. The van der Waals surface area contributed by atoms with Crippen molar-refractivity contribution in [1.82, 2.24) is 4.98 Å². The van der Waals surface area contributed by atoms with E-state index in [0.29, 0.717) is 11.4 Å². The predicted molar refractivity (Wildman–Crippen MR) is 66.7 cm³/mol. The summed E-state index contributed by atoms with van der Waals surface area (Å²) in [6.07, 6.45) is 0. The molecule has 1 heterocycles. The molecule has 0 aliphatic carbocycles. The number of halogens is 2. The van der Waals surface area contributed by atoms with E-state index in [4.69, 9.17) is 26.8 Å². The highest BCUT2D eigenvalue weighted by Gasteiger charge is 2.08. The van der Waals surface area contributed by atoms with Crippen LogP contribution in [0.4, 0.5) is 10.1 Å². The Morgan fingerprint density at radius 3 is 2.72 bits per heavy atom. The molecule has 0 radical (unpaired) electrons. The van der Waals surface area contributed by atoms with Gasteiger partial charge in [-0.15, -0.1) is 0 Å². The molecule has 0 saturated heterocycles. The topological polar surface area (TPSA) is 57.4 Å². The number of methoxy groups -OCH3 is 1. The van der Waals surface area contributed by atoms with Crippen LogP contribution < -0.4 is 15.2 Å². The number of anilines is 1. The van der Waals surface area contributed by atoms with Crippen LogP contribution in [-0.4, -0.2) is 12.1 Å². The van der Waals surface area contributed by atoms with E-state index in [0.717, 1.165) is 6.07 Å². The summed E-state index contributed by atoms with van der Waals surface area (Å²) in [5.74, 6) is 0.382. The Morgan fingerprint density at radius 1 is 1.28 bits per heavy atom. The number of hydrogen-bond acceptors (Lipinski definition) is 4. The number of nitrogens with two attached hydrogens (primary N) is 1.